The molecule has 0 spiro atoms. The van der Waals surface area contributed by atoms with E-state index in [0.717, 1.165) is 23.9 Å². The largest absolute Gasteiger partial charge is 0.326 e. The molecular weight excluding hydrogens is 347 g/mol. The van der Waals surface area contributed by atoms with Crippen LogP contribution < -0.4 is 11.0 Å². The molecule has 0 unspecified atom stereocenters. The van der Waals surface area contributed by atoms with Crippen LogP contribution >= 0.6 is 0 Å². The summed E-state index contributed by atoms with van der Waals surface area (Å²) in [5.41, 5.74) is 1.86. The van der Waals surface area contributed by atoms with Crippen molar-refractivity contribution in [1.82, 2.24) is 14.5 Å². The minimum atomic E-state index is -0.441. The number of carbonyl (C=O) groups is 1. The van der Waals surface area contributed by atoms with Gasteiger partial charge in [0, 0.05) is 19.1 Å². The second-order valence-electron chi connectivity index (χ2n) is 6.85. The average molecular weight is 368 g/mol. The molecule has 6 nitrogen and oxygen atoms in total. The fourth-order valence-electron chi connectivity index (χ4n) is 3.73. The molecule has 2 heterocycles. The number of nitrogens with zero attached hydrogens (tertiary/aromatic N) is 2. The summed E-state index contributed by atoms with van der Waals surface area (Å²) < 4.78 is 15.5. The molecule has 1 aliphatic heterocycles. The fraction of sp³-hybridized carbons (Fsp3) is 0.300. The summed E-state index contributed by atoms with van der Waals surface area (Å²) in [6.45, 7) is 1.63. The lowest BCUT2D eigenvalue weighted by molar-refractivity contribution is -0.117. The number of aromatic nitrogens is 2. The number of amides is 1. The van der Waals surface area contributed by atoms with E-state index in [0.29, 0.717) is 13.1 Å². The first-order valence-electron chi connectivity index (χ1n) is 9.08. The first-order valence-corrected chi connectivity index (χ1v) is 9.08. The zero-order valence-electron chi connectivity index (χ0n) is 14.8. The minimum absolute atomic E-state index is 0.0908. The van der Waals surface area contributed by atoms with Gasteiger partial charge in [0.05, 0.1) is 23.3 Å². The quantitative estimate of drug-likeness (QED) is 0.744. The van der Waals surface area contributed by atoms with Gasteiger partial charge in [0.15, 0.2) is 0 Å². The van der Waals surface area contributed by atoms with Gasteiger partial charge in [0.1, 0.15) is 5.82 Å². The molecule has 2 aromatic carbocycles. The number of nitrogens with one attached hydrogen (secondary N) is 2. The van der Waals surface area contributed by atoms with Crippen molar-refractivity contribution in [3.05, 3.63) is 64.8 Å². The monoisotopic (exact) mass is 368 g/mol. The van der Waals surface area contributed by atoms with E-state index in [-0.39, 0.29) is 29.9 Å². The number of H-pyrrole nitrogens is 1. The second-order valence-corrected chi connectivity index (χ2v) is 6.85. The van der Waals surface area contributed by atoms with E-state index in [4.69, 9.17) is 0 Å². The highest BCUT2D eigenvalue weighted by Gasteiger charge is 2.24. The third kappa shape index (κ3) is 3.64. The van der Waals surface area contributed by atoms with Crippen LogP contribution in [0, 0.1) is 5.82 Å². The Bertz CT molecular complexity index is 1020. The molecule has 2 N–H and O–H groups in total. The highest BCUT2D eigenvalue weighted by molar-refractivity contribution is 5.92. The van der Waals surface area contributed by atoms with Crippen molar-refractivity contribution in [2.75, 3.05) is 25.0 Å². The number of piperidine rings is 1. The van der Waals surface area contributed by atoms with E-state index in [1.165, 1.54) is 6.07 Å². The zero-order valence-corrected chi connectivity index (χ0v) is 14.8. The molecule has 0 saturated carbocycles. The first-order chi connectivity index (χ1) is 13.1. The molecule has 1 aromatic heterocycles. The van der Waals surface area contributed by atoms with E-state index >= 15 is 0 Å². The highest BCUT2D eigenvalue weighted by atomic mass is 19.1. The lowest BCUT2D eigenvalue weighted by atomic mass is 10.0. The Kier molecular flexibility index (Phi) is 4.77. The molecule has 7 heteroatoms. The van der Waals surface area contributed by atoms with Gasteiger partial charge < -0.3 is 10.3 Å². The van der Waals surface area contributed by atoms with Crippen molar-refractivity contribution in [3.63, 3.8) is 0 Å². The first kappa shape index (κ1) is 17.5. The molecule has 4 rings (SSSR count). The highest BCUT2D eigenvalue weighted by Crippen LogP contribution is 2.24. The number of para-hydroxylation sites is 3. The van der Waals surface area contributed by atoms with Gasteiger partial charge in [-0.25, -0.2) is 9.18 Å². The summed E-state index contributed by atoms with van der Waals surface area (Å²) in [5, 5.41) is 2.61. The van der Waals surface area contributed by atoms with Gasteiger partial charge >= 0.3 is 5.69 Å². The predicted molar refractivity (Wildman–Crippen MR) is 102 cm³/mol. The van der Waals surface area contributed by atoms with Crippen LogP contribution in [0.3, 0.4) is 0 Å². The lowest BCUT2D eigenvalue weighted by Gasteiger charge is -2.32. The number of imidazole rings is 1. The molecule has 0 atom stereocenters. The van der Waals surface area contributed by atoms with Gasteiger partial charge in [-0.15, -0.1) is 0 Å². The third-order valence-corrected chi connectivity index (χ3v) is 5.06. The summed E-state index contributed by atoms with van der Waals surface area (Å²) >= 11 is 0. The van der Waals surface area contributed by atoms with Crippen LogP contribution in [0.5, 0.6) is 0 Å². The van der Waals surface area contributed by atoms with Crippen LogP contribution in [0.4, 0.5) is 10.1 Å². The third-order valence-electron chi connectivity index (χ3n) is 5.06. The van der Waals surface area contributed by atoms with E-state index < -0.39 is 5.82 Å². The van der Waals surface area contributed by atoms with E-state index in [1.807, 2.05) is 33.7 Å². The summed E-state index contributed by atoms with van der Waals surface area (Å²) in [5.74, 6) is -0.675. The van der Waals surface area contributed by atoms with Gasteiger partial charge in [-0.3, -0.25) is 14.3 Å². The van der Waals surface area contributed by atoms with Gasteiger partial charge in [0.2, 0.25) is 5.91 Å². The molecule has 1 saturated heterocycles. The molecule has 0 radical (unpaired) electrons. The van der Waals surface area contributed by atoms with Gasteiger partial charge in [-0.1, -0.05) is 24.3 Å². The number of hydrogen-bond acceptors (Lipinski definition) is 3. The molecule has 140 valence electrons. The molecule has 1 amide bonds. The van der Waals surface area contributed by atoms with Crippen molar-refractivity contribution in [2.45, 2.75) is 18.9 Å². The predicted octanol–water partition coefficient (Wildman–Crippen LogP) is 2.74. The van der Waals surface area contributed by atoms with Gasteiger partial charge in [-0.05, 0) is 37.1 Å². The van der Waals surface area contributed by atoms with E-state index in [1.54, 1.807) is 18.2 Å². The smallest absolute Gasteiger partial charge is 0.322 e. The lowest BCUT2D eigenvalue weighted by Crippen LogP contribution is -2.41. The Balaban J connectivity index is 1.38. The van der Waals surface area contributed by atoms with E-state index in [2.05, 4.69) is 10.3 Å². The topological polar surface area (TPSA) is 70.1 Å². The van der Waals surface area contributed by atoms with Crippen LogP contribution in [-0.4, -0.2) is 40.0 Å². The Morgan fingerprint density at radius 3 is 2.59 bits per heavy atom. The van der Waals surface area contributed by atoms with Gasteiger partial charge in [-0.2, -0.15) is 0 Å². The Morgan fingerprint density at radius 1 is 1.11 bits per heavy atom. The second kappa shape index (κ2) is 7.36. The summed E-state index contributed by atoms with van der Waals surface area (Å²) in [4.78, 5) is 29.4. The number of likely N-dealkylation sites (tertiary alicyclic amines) is 1. The molecular formula is C20H21FN4O2. The van der Waals surface area contributed by atoms with Crippen LogP contribution in [0.25, 0.3) is 11.0 Å². The Morgan fingerprint density at radius 2 is 1.81 bits per heavy atom. The summed E-state index contributed by atoms with van der Waals surface area (Å²) in [6, 6.07) is 13.9. The molecule has 1 aliphatic rings. The molecule has 0 aliphatic carbocycles. The van der Waals surface area contributed by atoms with Gasteiger partial charge in [0.25, 0.3) is 0 Å². The molecule has 0 bridgehead atoms. The Labute approximate surface area is 155 Å². The van der Waals surface area contributed by atoms with Crippen molar-refractivity contribution in [2.24, 2.45) is 0 Å². The number of carbonyl (C=O) groups excluding carboxylic acids is 1. The normalized spacial score (nSPS) is 15.9. The number of benzene rings is 2. The van der Waals surface area contributed by atoms with Crippen molar-refractivity contribution in [3.8, 4) is 0 Å². The van der Waals surface area contributed by atoms with Crippen LogP contribution in [0.2, 0.25) is 0 Å². The number of anilines is 1. The van der Waals surface area contributed by atoms with Crippen molar-refractivity contribution < 1.29 is 9.18 Å². The van der Waals surface area contributed by atoms with Crippen LogP contribution in [0.15, 0.2) is 53.3 Å². The van der Waals surface area contributed by atoms with Crippen LogP contribution in [0.1, 0.15) is 18.9 Å². The fourth-order valence-corrected chi connectivity index (χ4v) is 3.73. The summed E-state index contributed by atoms with van der Waals surface area (Å²) in [6.07, 6.45) is 1.57. The van der Waals surface area contributed by atoms with Crippen molar-refractivity contribution >= 4 is 22.6 Å². The number of aromatic amines is 1. The molecule has 3 aromatic rings. The molecule has 27 heavy (non-hydrogen) atoms. The number of fused-ring (bicyclic) bond motifs is 1. The maximum absolute atomic E-state index is 13.6. The average Bonchev–Trinajstić information content (AvgIpc) is 3.00. The Hall–Kier alpha value is -2.93. The zero-order chi connectivity index (χ0) is 18.8. The number of hydrogen-bond donors (Lipinski definition) is 2. The summed E-state index contributed by atoms with van der Waals surface area (Å²) in [7, 11) is 0. The van der Waals surface area contributed by atoms with E-state index in [9.17, 15) is 14.0 Å². The minimum Gasteiger partial charge on any atom is -0.322 e. The SMILES string of the molecule is O=C(CN1CCC(n2c(=O)[nH]c3ccccc32)CC1)Nc1ccccc1F. The number of halogens is 1. The maximum atomic E-state index is 13.6. The molecule has 1 fully saturated rings. The van der Waals surface area contributed by atoms with Crippen LogP contribution in [-0.2, 0) is 4.79 Å². The maximum Gasteiger partial charge on any atom is 0.326 e. The van der Waals surface area contributed by atoms with Crippen molar-refractivity contribution in [1.29, 1.82) is 0 Å². The standard InChI is InChI=1S/C20H21FN4O2/c21-15-5-1-2-6-16(15)22-19(26)13-24-11-9-14(10-12-24)25-18-8-4-3-7-17(18)23-20(25)27/h1-8,14H,9-13H2,(H,22,26)(H,23,27). The number of rotatable bonds is 4.